The molecule has 1 aliphatic heterocycles. The predicted octanol–water partition coefficient (Wildman–Crippen LogP) is 1.27. The Morgan fingerprint density at radius 1 is 1.18 bits per heavy atom. The van der Waals surface area contributed by atoms with Gasteiger partial charge in [0, 0.05) is 36.2 Å². The quantitative estimate of drug-likeness (QED) is 0.234. The van der Waals surface area contributed by atoms with Crippen LogP contribution in [0.5, 0.6) is 0 Å². The summed E-state index contributed by atoms with van der Waals surface area (Å²) in [5, 5.41) is 10.8. The fraction of sp³-hybridized carbons (Fsp3) is 0.211. The molecule has 3 heterocycles. The number of fused-ring (bicyclic) bond motifs is 1. The van der Waals surface area contributed by atoms with Gasteiger partial charge in [0.2, 0.25) is 0 Å². The van der Waals surface area contributed by atoms with Gasteiger partial charge in [-0.2, -0.15) is 10.2 Å². The number of nitrogens with two attached hydrogens (primary N) is 2. The zero-order chi connectivity index (χ0) is 19.5. The number of nitrogens with zero attached hydrogens (tertiary/aromatic N) is 4. The Morgan fingerprint density at radius 3 is 2.75 bits per heavy atom. The summed E-state index contributed by atoms with van der Waals surface area (Å²) in [6, 6.07) is 11.2. The molecule has 0 saturated carbocycles. The van der Waals surface area contributed by atoms with Crippen LogP contribution in [0.4, 0.5) is 11.4 Å². The van der Waals surface area contributed by atoms with Gasteiger partial charge in [-0.25, -0.2) is 10.4 Å². The lowest BCUT2D eigenvalue weighted by atomic mass is 10.1. The van der Waals surface area contributed by atoms with Crippen LogP contribution in [0.25, 0.3) is 5.52 Å². The molecule has 2 aromatic heterocycles. The maximum absolute atomic E-state index is 12.9. The number of pyridine rings is 1. The van der Waals surface area contributed by atoms with E-state index in [2.05, 4.69) is 25.8 Å². The van der Waals surface area contributed by atoms with Gasteiger partial charge < -0.3 is 21.5 Å². The number of rotatable bonds is 4. The topological polar surface area (TPSA) is 126 Å². The summed E-state index contributed by atoms with van der Waals surface area (Å²) in [5.41, 5.74) is 6.09. The SMILES string of the molecule is N/N=C(\NN)c1cccc(NC(=O)c2cnn3ccc(N4CCCC4)cc23)c1. The van der Waals surface area contributed by atoms with Crippen molar-refractivity contribution in [1.82, 2.24) is 15.0 Å². The van der Waals surface area contributed by atoms with E-state index in [-0.39, 0.29) is 5.91 Å². The highest BCUT2D eigenvalue weighted by Gasteiger charge is 2.17. The molecule has 0 unspecified atom stereocenters. The second kappa shape index (κ2) is 7.57. The van der Waals surface area contributed by atoms with Crippen molar-refractivity contribution in [2.75, 3.05) is 23.3 Å². The second-order valence-corrected chi connectivity index (χ2v) is 6.62. The lowest BCUT2D eigenvalue weighted by Gasteiger charge is -2.17. The van der Waals surface area contributed by atoms with Gasteiger partial charge in [0.1, 0.15) is 0 Å². The maximum Gasteiger partial charge on any atom is 0.259 e. The summed E-state index contributed by atoms with van der Waals surface area (Å²) in [5.74, 6) is 10.8. The highest BCUT2D eigenvalue weighted by atomic mass is 16.1. The van der Waals surface area contributed by atoms with Gasteiger partial charge in [-0.05, 0) is 37.1 Å². The Balaban J connectivity index is 1.60. The Hall–Kier alpha value is -3.59. The van der Waals surface area contributed by atoms with Crippen molar-refractivity contribution in [1.29, 1.82) is 0 Å². The van der Waals surface area contributed by atoms with Crippen molar-refractivity contribution in [2.24, 2.45) is 16.8 Å². The second-order valence-electron chi connectivity index (χ2n) is 6.62. The molecule has 9 heteroatoms. The van der Waals surface area contributed by atoms with Gasteiger partial charge in [0.15, 0.2) is 5.84 Å². The van der Waals surface area contributed by atoms with Gasteiger partial charge >= 0.3 is 0 Å². The summed E-state index contributed by atoms with van der Waals surface area (Å²) < 4.78 is 1.71. The lowest BCUT2D eigenvalue weighted by molar-refractivity contribution is 0.102. The van der Waals surface area contributed by atoms with Crippen molar-refractivity contribution in [2.45, 2.75) is 12.8 Å². The Labute approximate surface area is 162 Å². The van der Waals surface area contributed by atoms with E-state index in [1.165, 1.54) is 12.8 Å². The van der Waals surface area contributed by atoms with Crippen LogP contribution in [-0.2, 0) is 0 Å². The highest BCUT2D eigenvalue weighted by molar-refractivity contribution is 6.09. The van der Waals surface area contributed by atoms with Crippen LogP contribution in [0.2, 0.25) is 0 Å². The molecule has 28 heavy (non-hydrogen) atoms. The molecule has 144 valence electrons. The molecule has 0 bridgehead atoms. The van der Waals surface area contributed by atoms with Crippen molar-refractivity contribution in [3.63, 3.8) is 0 Å². The minimum atomic E-state index is -0.238. The van der Waals surface area contributed by atoms with Crippen LogP contribution in [0.3, 0.4) is 0 Å². The van der Waals surface area contributed by atoms with E-state index in [1.54, 1.807) is 35.0 Å². The molecule has 9 nitrogen and oxygen atoms in total. The third-order valence-corrected chi connectivity index (χ3v) is 4.88. The van der Waals surface area contributed by atoms with E-state index in [9.17, 15) is 4.79 Å². The number of carbonyl (C=O) groups excluding carboxylic acids is 1. The first kappa shape index (κ1) is 17.8. The molecule has 3 aromatic rings. The lowest BCUT2D eigenvalue weighted by Crippen LogP contribution is -2.32. The van der Waals surface area contributed by atoms with Gasteiger partial charge in [0.05, 0.1) is 17.3 Å². The number of amidine groups is 1. The van der Waals surface area contributed by atoms with Crippen LogP contribution in [0.1, 0.15) is 28.8 Å². The van der Waals surface area contributed by atoms with Crippen LogP contribution < -0.4 is 27.3 Å². The van der Waals surface area contributed by atoms with E-state index in [1.807, 2.05) is 18.3 Å². The van der Waals surface area contributed by atoms with Crippen LogP contribution >= 0.6 is 0 Å². The van der Waals surface area contributed by atoms with Gasteiger partial charge in [-0.1, -0.05) is 12.1 Å². The molecule has 0 spiro atoms. The summed E-state index contributed by atoms with van der Waals surface area (Å²) in [6.07, 6.45) is 5.85. The van der Waals surface area contributed by atoms with E-state index >= 15 is 0 Å². The molecule has 1 aliphatic rings. The number of nitrogens with one attached hydrogen (secondary N) is 2. The van der Waals surface area contributed by atoms with Crippen molar-refractivity contribution >= 4 is 28.6 Å². The number of anilines is 2. The predicted molar refractivity (Wildman–Crippen MR) is 109 cm³/mol. The average molecular weight is 378 g/mol. The molecular formula is C19H22N8O. The number of hydrazone groups is 1. The molecule has 4 rings (SSSR count). The molecular weight excluding hydrogens is 356 g/mol. The first-order valence-electron chi connectivity index (χ1n) is 9.08. The van der Waals surface area contributed by atoms with Gasteiger partial charge in [-0.3, -0.25) is 4.79 Å². The number of hydrazine groups is 1. The van der Waals surface area contributed by atoms with Crippen molar-refractivity contribution in [3.05, 3.63) is 59.9 Å². The van der Waals surface area contributed by atoms with Crippen LogP contribution in [0, 0.1) is 0 Å². The standard InChI is InChI=1S/C19H22N8O/c20-24-18(25-21)13-4-3-5-14(10-13)23-19(28)16-12-22-27-9-6-15(11-17(16)27)26-7-1-2-8-26/h3-6,9-12H,1-2,7-8,20-21H2,(H,23,28)(H,24,25). The van der Waals surface area contributed by atoms with Gasteiger partial charge in [-0.15, -0.1) is 0 Å². The first-order chi connectivity index (χ1) is 13.7. The number of benzene rings is 1. The first-order valence-corrected chi connectivity index (χ1v) is 9.08. The summed E-state index contributed by atoms with van der Waals surface area (Å²) in [6.45, 7) is 2.08. The summed E-state index contributed by atoms with van der Waals surface area (Å²) in [4.78, 5) is 15.2. The van der Waals surface area contributed by atoms with E-state index < -0.39 is 0 Å². The third-order valence-electron chi connectivity index (χ3n) is 4.88. The Kier molecular flexibility index (Phi) is 4.81. The molecule has 0 aliphatic carbocycles. The number of hydrogen-bond acceptors (Lipinski definition) is 6. The van der Waals surface area contributed by atoms with Crippen LogP contribution in [0.15, 0.2) is 53.9 Å². The number of carbonyl (C=O) groups is 1. The molecule has 1 amide bonds. The molecule has 0 radical (unpaired) electrons. The Bertz CT molecular complexity index is 1040. The molecule has 1 saturated heterocycles. The number of hydrogen-bond donors (Lipinski definition) is 4. The monoisotopic (exact) mass is 378 g/mol. The molecule has 1 aromatic carbocycles. The minimum absolute atomic E-state index is 0.238. The zero-order valence-corrected chi connectivity index (χ0v) is 15.3. The minimum Gasteiger partial charge on any atom is -0.371 e. The summed E-state index contributed by atoms with van der Waals surface area (Å²) in [7, 11) is 0. The average Bonchev–Trinajstić information content (AvgIpc) is 3.39. The summed E-state index contributed by atoms with van der Waals surface area (Å²) >= 11 is 0. The highest BCUT2D eigenvalue weighted by Crippen LogP contribution is 2.24. The molecule has 1 fully saturated rings. The number of aromatic nitrogens is 2. The smallest absolute Gasteiger partial charge is 0.259 e. The fourth-order valence-electron chi connectivity index (χ4n) is 3.45. The van der Waals surface area contributed by atoms with E-state index in [0.717, 1.165) is 24.3 Å². The zero-order valence-electron chi connectivity index (χ0n) is 15.3. The Morgan fingerprint density at radius 2 is 2.00 bits per heavy atom. The maximum atomic E-state index is 12.9. The van der Waals surface area contributed by atoms with Gasteiger partial charge in [0.25, 0.3) is 5.91 Å². The molecule has 6 N–H and O–H groups in total. The third kappa shape index (κ3) is 3.35. The number of amides is 1. The normalized spacial score (nSPS) is 14.5. The largest absolute Gasteiger partial charge is 0.371 e. The van der Waals surface area contributed by atoms with E-state index in [0.29, 0.717) is 22.6 Å². The van der Waals surface area contributed by atoms with Crippen LogP contribution in [-0.4, -0.2) is 34.4 Å². The molecule has 0 atom stereocenters. The van der Waals surface area contributed by atoms with Crippen molar-refractivity contribution in [3.8, 4) is 0 Å². The van der Waals surface area contributed by atoms with E-state index in [4.69, 9.17) is 11.7 Å². The fourth-order valence-corrected chi connectivity index (χ4v) is 3.45. The van der Waals surface area contributed by atoms with Crippen molar-refractivity contribution < 1.29 is 4.79 Å².